The molecule has 0 saturated heterocycles. The zero-order chi connectivity index (χ0) is 22.1. The van der Waals surface area contributed by atoms with Crippen LogP contribution in [-0.2, 0) is 17.9 Å². The molecule has 2 aromatic heterocycles. The summed E-state index contributed by atoms with van der Waals surface area (Å²) < 4.78 is 2.67. The van der Waals surface area contributed by atoms with Crippen LogP contribution >= 0.6 is 11.6 Å². The zero-order valence-corrected chi connectivity index (χ0v) is 17.7. The summed E-state index contributed by atoms with van der Waals surface area (Å²) in [7, 11) is 0. The number of hydrogen-bond acceptors (Lipinski definition) is 4. The first kappa shape index (κ1) is 20.0. The van der Waals surface area contributed by atoms with Crippen LogP contribution in [0.5, 0.6) is 0 Å². The fourth-order valence-electron chi connectivity index (χ4n) is 3.63. The van der Waals surface area contributed by atoms with E-state index in [0.717, 1.165) is 16.5 Å². The zero-order valence-electron chi connectivity index (χ0n) is 16.9. The molecule has 32 heavy (non-hydrogen) atoms. The maximum atomic E-state index is 13.3. The van der Waals surface area contributed by atoms with Gasteiger partial charge in [0.05, 0.1) is 5.52 Å². The van der Waals surface area contributed by atoms with Gasteiger partial charge in [0.1, 0.15) is 6.54 Å². The van der Waals surface area contributed by atoms with E-state index in [2.05, 4.69) is 15.4 Å². The lowest BCUT2D eigenvalue weighted by Crippen LogP contribution is -2.35. The van der Waals surface area contributed by atoms with Crippen LogP contribution in [0.25, 0.3) is 27.9 Å². The minimum atomic E-state index is -0.429. The van der Waals surface area contributed by atoms with E-state index in [1.165, 1.54) is 9.08 Å². The molecule has 2 heterocycles. The van der Waals surface area contributed by atoms with E-state index in [1.807, 2.05) is 66.7 Å². The van der Waals surface area contributed by atoms with Crippen LogP contribution in [0.3, 0.4) is 0 Å². The standard InChI is InChI=1S/C24H18ClN5O2/c25-19-12-6-4-10-17(19)14-26-21(31)15-29-20-13-7-5-11-18(20)23-27-22(28-30(23)24(29)32)16-8-2-1-3-9-16/h1-13H,14-15H2,(H,26,31). The lowest BCUT2D eigenvalue weighted by Gasteiger charge is -2.11. The van der Waals surface area contributed by atoms with Gasteiger partial charge < -0.3 is 5.32 Å². The third-order valence-electron chi connectivity index (χ3n) is 5.22. The number of carbonyl (C=O) groups is 1. The predicted octanol–water partition coefficient (Wildman–Crippen LogP) is 3.68. The molecule has 5 aromatic rings. The largest absolute Gasteiger partial charge is 0.351 e. The maximum Gasteiger partial charge on any atom is 0.351 e. The van der Waals surface area contributed by atoms with Gasteiger partial charge in [-0.1, -0.05) is 72.3 Å². The molecule has 0 aliphatic carbocycles. The van der Waals surface area contributed by atoms with Crippen molar-refractivity contribution < 1.29 is 4.79 Å². The van der Waals surface area contributed by atoms with Crippen molar-refractivity contribution in [3.05, 3.63) is 99.9 Å². The minimum absolute atomic E-state index is 0.153. The normalized spacial score (nSPS) is 11.2. The topological polar surface area (TPSA) is 81.3 Å². The van der Waals surface area contributed by atoms with Gasteiger partial charge in [-0.15, -0.1) is 5.10 Å². The molecule has 8 heteroatoms. The lowest BCUT2D eigenvalue weighted by molar-refractivity contribution is -0.121. The predicted molar refractivity (Wildman–Crippen MR) is 123 cm³/mol. The number of nitrogens with one attached hydrogen (secondary N) is 1. The fourth-order valence-corrected chi connectivity index (χ4v) is 3.84. The first-order valence-corrected chi connectivity index (χ1v) is 10.4. The molecular formula is C24H18ClN5O2. The molecule has 0 atom stereocenters. The van der Waals surface area contributed by atoms with Gasteiger partial charge in [-0.25, -0.2) is 9.78 Å². The van der Waals surface area contributed by atoms with Gasteiger partial charge in [0.25, 0.3) is 0 Å². The third-order valence-corrected chi connectivity index (χ3v) is 5.59. The monoisotopic (exact) mass is 443 g/mol. The molecule has 0 saturated carbocycles. The van der Waals surface area contributed by atoms with E-state index < -0.39 is 5.69 Å². The van der Waals surface area contributed by atoms with E-state index in [1.54, 1.807) is 12.1 Å². The number of carbonyl (C=O) groups excluding carboxylic acids is 1. The first-order valence-electron chi connectivity index (χ1n) is 10.1. The molecule has 7 nitrogen and oxygen atoms in total. The van der Waals surface area contributed by atoms with Crippen LogP contribution in [0.1, 0.15) is 5.56 Å². The first-order chi connectivity index (χ1) is 15.6. The summed E-state index contributed by atoms with van der Waals surface area (Å²) in [6.45, 7) is 0.120. The van der Waals surface area contributed by atoms with Crippen molar-refractivity contribution in [2.45, 2.75) is 13.1 Å². The maximum absolute atomic E-state index is 13.3. The average Bonchev–Trinajstić information content (AvgIpc) is 3.28. The Morgan fingerprint density at radius 1 is 0.938 bits per heavy atom. The Hall–Kier alpha value is -3.97. The van der Waals surface area contributed by atoms with Gasteiger partial charge in [-0.05, 0) is 23.8 Å². The highest BCUT2D eigenvalue weighted by atomic mass is 35.5. The molecule has 1 amide bonds. The third kappa shape index (κ3) is 3.63. The average molecular weight is 444 g/mol. The number of aromatic nitrogens is 4. The quantitative estimate of drug-likeness (QED) is 0.449. The molecule has 1 N–H and O–H groups in total. The Morgan fingerprint density at radius 2 is 1.66 bits per heavy atom. The van der Waals surface area contributed by atoms with Crippen molar-refractivity contribution in [2.75, 3.05) is 0 Å². The molecule has 3 aromatic carbocycles. The molecule has 0 spiro atoms. The van der Waals surface area contributed by atoms with Gasteiger partial charge in [0, 0.05) is 22.5 Å². The molecule has 0 bridgehead atoms. The Balaban J connectivity index is 1.53. The molecule has 0 radical (unpaired) electrons. The number of fused-ring (bicyclic) bond motifs is 3. The highest BCUT2D eigenvalue weighted by molar-refractivity contribution is 6.31. The van der Waals surface area contributed by atoms with Crippen molar-refractivity contribution >= 4 is 34.1 Å². The van der Waals surface area contributed by atoms with Crippen LogP contribution in [0, 0.1) is 0 Å². The van der Waals surface area contributed by atoms with Crippen molar-refractivity contribution in [3.8, 4) is 11.4 Å². The number of rotatable bonds is 5. The Kier molecular flexibility index (Phi) is 5.17. The van der Waals surface area contributed by atoms with Gasteiger partial charge >= 0.3 is 5.69 Å². The minimum Gasteiger partial charge on any atom is -0.350 e. The van der Waals surface area contributed by atoms with Crippen molar-refractivity contribution in [2.24, 2.45) is 0 Å². The molecular weight excluding hydrogens is 426 g/mol. The Labute approximate surface area is 187 Å². The highest BCUT2D eigenvalue weighted by Crippen LogP contribution is 2.21. The number of nitrogens with zero attached hydrogens (tertiary/aromatic N) is 4. The van der Waals surface area contributed by atoms with E-state index in [4.69, 9.17) is 11.6 Å². The van der Waals surface area contributed by atoms with Crippen LogP contribution in [0.4, 0.5) is 0 Å². The number of hydrogen-bond donors (Lipinski definition) is 1. The second kappa shape index (κ2) is 8.28. The molecule has 0 unspecified atom stereocenters. The Bertz CT molecular complexity index is 1510. The molecule has 0 aliphatic heterocycles. The Morgan fingerprint density at radius 3 is 2.47 bits per heavy atom. The van der Waals surface area contributed by atoms with Crippen molar-refractivity contribution in [1.82, 2.24) is 24.5 Å². The summed E-state index contributed by atoms with van der Waals surface area (Å²) in [5.41, 5.74) is 2.26. The van der Waals surface area contributed by atoms with Gasteiger partial charge in [-0.3, -0.25) is 9.36 Å². The summed E-state index contributed by atoms with van der Waals surface area (Å²) in [4.78, 5) is 30.6. The van der Waals surface area contributed by atoms with E-state index >= 15 is 0 Å². The molecule has 0 aliphatic rings. The van der Waals surface area contributed by atoms with E-state index in [9.17, 15) is 9.59 Å². The second-order valence-corrected chi connectivity index (χ2v) is 7.70. The van der Waals surface area contributed by atoms with Crippen LogP contribution in [0.2, 0.25) is 5.02 Å². The summed E-state index contributed by atoms with van der Waals surface area (Å²) in [6, 6.07) is 24.1. The van der Waals surface area contributed by atoms with Crippen molar-refractivity contribution in [1.29, 1.82) is 0 Å². The smallest absolute Gasteiger partial charge is 0.350 e. The van der Waals surface area contributed by atoms with Gasteiger partial charge in [-0.2, -0.15) is 4.52 Å². The van der Waals surface area contributed by atoms with Crippen LogP contribution < -0.4 is 11.0 Å². The summed E-state index contributed by atoms with van der Waals surface area (Å²) in [6.07, 6.45) is 0. The number of amides is 1. The highest BCUT2D eigenvalue weighted by Gasteiger charge is 2.17. The number of para-hydroxylation sites is 1. The SMILES string of the molecule is O=C(Cn1c(=O)n2nc(-c3ccccc3)nc2c2ccccc21)NCc1ccccc1Cl. The number of benzene rings is 3. The molecule has 5 rings (SSSR count). The van der Waals surface area contributed by atoms with Gasteiger partial charge in [0.15, 0.2) is 11.5 Å². The summed E-state index contributed by atoms with van der Waals surface area (Å²) in [5.74, 6) is 0.147. The van der Waals surface area contributed by atoms with E-state index in [-0.39, 0.29) is 19.0 Å². The van der Waals surface area contributed by atoms with E-state index in [0.29, 0.717) is 22.0 Å². The van der Waals surface area contributed by atoms with Crippen LogP contribution in [0.15, 0.2) is 83.7 Å². The summed E-state index contributed by atoms with van der Waals surface area (Å²) >= 11 is 6.16. The lowest BCUT2D eigenvalue weighted by atomic mass is 10.2. The van der Waals surface area contributed by atoms with Gasteiger partial charge in [0.2, 0.25) is 5.91 Å². The molecule has 0 fully saturated rings. The fraction of sp³-hybridized carbons (Fsp3) is 0.0833. The summed E-state index contributed by atoms with van der Waals surface area (Å²) in [5, 5.41) is 8.57. The second-order valence-electron chi connectivity index (χ2n) is 7.29. The van der Waals surface area contributed by atoms with Crippen LogP contribution in [-0.4, -0.2) is 25.1 Å². The molecule has 158 valence electrons. The number of halogens is 1. The van der Waals surface area contributed by atoms with Crippen molar-refractivity contribution in [3.63, 3.8) is 0 Å².